The highest BCUT2D eigenvalue weighted by Gasteiger charge is 2.25. The van der Waals surface area contributed by atoms with Crippen molar-refractivity contribution in [2.45, 2.75) is 13.3 Å². The van der Waals surface area contributed by atoms with E-state index in [1.807, 2.05) is 19.1 Å². The number of carbonyl (C=O) groups is 1. The summed E-state index contributed by atoms with van der Waals surface area (Å²) in [7, 11) is 3.18. The highest BCUT2D eigenvalue weighted by atomic mass is 35.5. The van der Waals surface area contributed by atoms with Crippen LogP contribution >= 0.6 is 22.9 Å². The fourth-order valence-electron chi connectivity index (χ4n) is 3.93. The molecule has 0 radical (unpaired) electrons. The Labute approximate surface area is 202 Å². The number of benzene rings is 2. The molecule has 0 spiro atoms. The molecule has 0 N–H and O–H groups in total. The molecule has 9 heteroatoms. The van der Waals surface area contributed by atoms with Crippen molar-refractivity contribution in [2.75, 3.05) is 58.5 Å². The van der Waals surface area contributed by atoms with E-state index in [2.05, 4.69) is 4.90 Å². The van der Waals surface area contributed by atoms with Crippen LogP contribution in [0, 0.1) is 6.92 Å². The Bertz CT molecular complexity index is 1130. The summed E-state index contributed by atoms with van der Waals surface area (Å²) in [6.45, 7) is 6.76. The maximum absolute atomic E-state index is 13.8. The Balaban J connectivity index is 1.68. The average Bonchev–Trinajstić information content (AvgIpc) is 3.28. The van der Waals surface area contributed by atoms with Crippen LogP contribution in [0.3, 0.4) is 0 Å². The molecule has 1 aliphatic rings. The summed E-state index contributed by atoms with van der Waals surface area (Å²) in [5.41, 5.74) is 2.27. The topological polar surface area (TPSA) is 64.1 Å². The zero-order valence-electron chi connectivity index (χ0n) is 19.1. The first-order valence-electron chi connectivity index (χ1n) is 10.9. The van der Waals surface area contributed by atoms with Crippen LogP contribution in [0.5, 0.6) is 11.5 Å². The number of hydrogen-bond donors (Lipinski definition) is 0. The Morgan fingerprint density at radius 1 is 1.18 bits per heavy atom. The zero-order chi connectivity index (χ0) is 23.4. The minimum atomic E-state index is -0.188. The summed E-state index contributed by atoms with van der Waals surface area (Å²) in [5, 5.41) is 1.11. The maximum Gasteiger partial charge on any atom is 0.263 e. The Morgan fingerprint density at radius 2 is 1.91 bits per heavy atom. The Hall–Kier alpha value is -2.39. The molecule has 0 aliphatic carbocycles. The molecule has 176 valence electrons. The van der Waals surface area contributed by atoms with Crippen LogP contribution in [-0.4, -0.2) is 69.4 Å². The second-order valence-corrected chi connectivity index (χ2v) is 9.28. The number of ether oxygens (including phenoxy) is 3. The molecule has 0 atom stereocenters. The number of hydrogen-bond acceptors (Lipinski definition) is 7. The van der Waals surface area contributed by atoms with E-state index in [0.717, 1.165) is 55.0 Å². The molecule has 1 saturated heterocycles. The number of thiazole rings is 1. The molecule has 33 heavy (non-hydrogen) atoms. The first kappa shape index (κ1) is 23.8. The molecule has 2 heterocycles. The predicted molar refractivity (Wildman–Crippen MR) is 132 cm³/mol. The minimum absolute atomic E-state index is 0.188. The lowest BCUT2D eigenvalue weighted by molar-refractivity contribution is 0.0376. The van der Waals surface area contributed by atoms with Gasteiger partial charge >= 0.3 is 0 Å². The van der Waals surface area contributed by atoms with E-state index in [9.17, 15) is 4.79 Å². The van der Waals surface area contributed by atoms with Crippen molar-refractivity contribution in [3.63, 3.8) is 0 Å². The second kappa shape index (κ2) is 10.7. The largest absolute Gasteiger partial charge is 0.496 e. The van der Waals surface area contributed by atoms with Crippen molar-refractivity contribution >= 4 is 44.2 Å². The summed E-state index contributed by atoms with van der Waals surface area (Å²) in [5.74, 6) is 0.989. The van der Waals surface area contributed by atoms with E-state index in [1.54, 1.807) is 37.3 Å². The molecular formula is C24H28ClN3O4S. The molecule has 4 rings (SSSR count). The molecule has 3 aromatic rings. The number of aryl methyl sites for hydroxylation is 1. The van der Waals surface area contributed by atoms with Gasteiger partial charge in [0.2, 0.25) is 0 Å². The van der Waals surface area contributed by atoms with E-state index >= 15 is 0 Å². The lowest BCUT2D eigenvalue weighted by Crippen LogP contribution is -2.39. The number of nitrogens with zero attached hydrogens (tertiary/aromatic N) is 3. The number of halogens is 1. The fraction of sp³-hybridized carbons (Fsp3) is 0.417. The lowest BCUT2D eigenvalue weighted by atomic mass is 10.1. The highest BCUT2D eigenvalue weighted by molar-refractivity contribution is 7.22. The van der Waals surface area contributed by atoms with Crippen molar-refractivity contribution < 1.29 is 19.0 Å². The average molecular weight is 490 g/mol. The van der Waals surface area contributed by atoms with Gasteiger partial charge in [0.25, 0.3) is 5.91 Å². The van der Waals surface area contributed by atoms with E-state index in [4.69, 9.17) is 30.8 Å². The third-order valence-corrected chi connectivity index (χ3v) is 7.19. The van der Waals surface area contributed by atoms with Gasteiger partial charge in [0.1, 0.15) is 17.0 Å². The fourth-order valence-corrected chi connectivity index (χ4v) is 5.18. The van der Waals surface area contributed by atoms with E-state index in [0.29, 0.717) is 33.8 Å². The van der Waals surface area contributed by atoms with E-state index < -0.39 is 0 Å². The molecule has 1 aromatic heterocycles. The summed E-state index contributed by atoms with van der Waals surface area (Å²) in [6, 6.07) is 9.00. The molecular weight excluding hydrogens is 462 g/mol. The summed E-state index contributed by atoms with van der Waals surface area (Å²) >= 11 is 7.72. The molecule has 7 nitrogen and oxygen atoms in total. The van der Waals surface area contributed by atoms with Gasteiger partial charge < -0.3 is 14.2 Å². The van der Waals surface area contributed by atoms with Crippen molar-refractivity contribution in [3.05, 3.63) is 46.5 Å². The van der Waals surface area contributed by atoms with Crippen molar-refractivity contribution in [3.8, 4) is 11.5 Å². The van der Waals surface area contributed by atoms with Gasteiger partial charge in [-0.3, -0.25) is 14.6 Å². The van der Waals surface area contributed by atoms with Gasteiger partial charge in [0, 0.05) is 31.2 Å². The Kier molecular flexibility index (Phi) is 7.70. The van der Waals surface area contributed by atoms with E-state index in [1.165, 1.54) is 11.3 Å². The van der Waals surface area contributed by atoms with Gasteiger partial charge in [-0.2, -0.15) is 0 Å². The first-order chi connectivity index (χ1) is 16.0. The highest BCUT2D eigenvalue weighted by Crippen LogP contribution is 2.37. The van der Waals surface area contributed by atoms with Crippen molar-refractivity contribution in [2.24, 2.45) is 0 Å². The molecule has 2 aromatic carbocycles. The standard InChI is InChI=1S/C24H28ClN3O4S/c1-16-5-7-20(31-3)21-22(16)33-24(26-21)28(10-4-9-27-11-13-32-14-12-27)23(29)18-15-17(25)6-8-19(18)30-2/h5-8,15H,4,9-14H2,1-3H3. The van der Waals surface area contributed by atoms with Crippen LogP contribution in [0.2, 0.25) is 5.02 Å². The number of morpholine rings is 1. The number of carbonyl (C=O) groups excluding carboxylic acids is 1. The van der Waals surface area contributed by atoms with Gasteiger partial charge in [0.15, 0.2) is 5.13 Å². The zero-order valence-corrected chi connectivity index (χ0v) is 20.7. The number of methoxy groups -OCH3 is 2. The number of fused-ring (bicyclic) bond motifs is 1. The third kappa shape index (κ3) is 5.24. The number of rotatable bonds is 8. The van der Waals surface area contributed by atoms with Gasteiger partial charge in [-0.05, 0) is 43.2 Å². The summed E-state index contributed by atoms with van der Waals surface area (Å²) in [4.78, 5) is 22.7. The second-order valence-electron chi connectivity index (χ2n) is 7.87. The van der Waals surface area contributed by atoms with Crippen molar-refractivity contribution in [1.29, 1.82) is 0 Å². The van der Waals surface area contributed by atoms with Gasteiger partial charge in [-0.1, -0.05) is 29.0 Å². The Morgan fingerprint density at radius 3 is 2.64 bits per heavy atom. The smallest absolute Gasteiger partial charge is 0.263 e. The predicted octanol–water partition coefficient (Wildman–Crippen LogP) is 4.64. The molecule has 1 amide bonds. The molecule has 0 unspecified atom stereocenters. The van der Waals surface area contributed by atoms with Gasteiger partial charge in [0.05, 0.1) is 37.7 Å². The SMILES string of the molecule is COc1ccc(Cl)cc1C(=O)N(CCCN1CCOCC1)c1nc2c(OC)ccc(C)c2s1. The molecule has 0 bridgehead atoms. The van der Waals surface area contributed by atoms with E-state index in [-0.39, 0.29) is 5.91 Å². The van der Waals surface area contributed by atoms with Crippen LogP contribution < -0.4 is 14.4 Å². The van der Waals surface area contributed by atoms with Crippen LogP contribution in [0.25, 0.3) is 10.2 Å². The number of anilines is 1. The number of amides is 1. The molecule has 1 aliphatic heterocycles. The monoisotopic (exact) mass is 489 g/mol. The lowest BCUT2D eigenvalue weighted by Gasteiger charge is -2.28. The quantitative estimate of drug-likeness (QED) is 0.459. The molecule has 1 fully saturated rings. The minimum Gasteiger partial charge on any atom is -0.496 e. The summed E-state index contributed by atoms with van der Waals surface area (Å²) < 4.78 is 17.4. The van der Waals surface area contributed by atoms with Gasteiger partial charge in [-0.15, -0.1) is 0 Å². The van der Waals surface area contributed by atoms with Crippen LogP contribution in [-0.2, 0) is 4.74 Å². The van der Waals surface area contributed by atoms with Crippen molar-refractivity contribution in [1.82, 2.24) is 9.88 Å². The maximum atomic E-state index is 13.8. The van der Waals surface area contributed by atoms with Crippen LogP contribution in [0.15, 0.2) is 30.3 Å². The molecule has 0 saturated carbocycles. The van der Waals surface area contributed by atoms with Crippen LogP contribution in [0.4, 0.5) is 5.13 Å². The first-order valence-corrected chi connectivity index (χ1v) is 12.1. The number of aromatic nitrogens is 1. The third-order valence-electron chi connectivity index (χ3n) is 5.74. The van der Waals surface area contributed by atoms with Crippen LogP contribution in [0.1, 0.15) is 22.3 Å². The normalized spacial score (nSPS) is 14.4. The van der Waals surface area contributed by atoms with Gasteiger partial charge in [-0.25, -0.2) is 4.98 Å². The summed E-state index contributed by atoms with van der Waals surface area (Å²) in [6.07, 6.45) is 0.806.